The molecule has 1 heterocycles. The highest BCUT2D eigenvalue weighted by Crippen LogP contribution is 2.20. The number of hydrogen-bond acceptors (Lipinski definition) is 3. The second-order valence-electron chi connectivity index (χ2n) is 4.74. The standard InChI is InChI=1S/C16H18O3/c1-2-3-4-8-13(17)11-14(18)16-10-12-7-5-6-9-15(12)19-16/h5-7,9-10H,2-4,8,11H2,1H3. The van der Waals surface area contributed by atoms with Crippen LogP contribution in [-0.2, 0) is 4.79 Å². The number of hydrogen-bond donors (Lipinski definition) is 0. The lowest BCUT2D eigenvalue weighted by atomic mass is 10.1. The Morgan fingerprint density at radius 1 is 1.16 bits per heavy atom. The average molecular weight is 258 g/mol. The van der Waals surface area contributed by atoms with Crippen LogP contribution in [0.5, 0.6) is 0 Å². The molecular weight excluding hydrogens is 240 g/mol. The fraction of sp³-hybridized carbons (Fsp3) is 0.375. The minimum atomic E-state index is -0.224. The van der Waals surface area contributed by atoms with Gasteiger partial charge in [0.2, 0.25) is 5.78 Å². The predicted molar refractivity (Wildman–Crippen MR) is 74.3 cm³/mol. The number of unbranched alkanes of at least 4 members (excludes halogenated alkanes) is 2. The molecule has 0 bridgehead atoms. The molecule has 1 aromatic carbocycles. The van der Waals surface area contributed by atoms with Crippen molar-refractivity contribution in [2.24, 2.45) is 0 Å². The minimum absolute atomic E-state index is 0.00101. The first-order chi connectivity index (χ1) is 9.20. The summed E-state index contributed by atoms with van der Waals surface area (Å²) in [5.74, 6) is 0.0571. The first kappa shape index (κ1) is 13.5. The lowest BCUT2D eigenvalue weighted by Crippen LogP contribution is -2.07. The zero-order valence-electron chi connectivity index (χ0n) is 11.1. The summed E-state index contributed by atoms with van der Waals surface area (Å²) in [6, 6.07) is 9.16. The van der Waals surface area contributed by atoms with E-state index in [4.69, 9.17) is 4.42 Å². The lowest BCUT2D eigenvalue weighted by molar-refractivity contribution is -0.118. The van der Waals surface area contributed by atoms with Crippen molar-refractivity contribution in [2.45, 2.75) is 39.0 Å². The van der Waals surface area contributed by atoms with Crippen molar-refractivity contribution in [2.75, 3.05) is 0 Å². The van der Waals surface area contributed by atoms with E-state index in [-0.39, 0.29) is 23.7 Å². The number of fused-ring (bicyclic) bond motifs is 1. The predicted octanol–water partition coefficient (Wildman–Crippen LogP) is 4.16. The molecule has 19 heavy (non-hydrogen) atoms. The van der Waals surface area contributed by atoms with E-state index in [1.807, 2.05) is 24.3 Å². The van der Waals surface area contributed by atoms with Crippen LogP contribution < -0.4 is 0 Å². The monoisotopic (exact) mass is 258 g/mol. The number of benzene rings is 1. The van der Waals surface area contributed by atoms with Crippen molar-refractivity contribution >= 4 is 22.5 Å². The summed E-state index contributed by atoms with van der Waals surface area (Å²) < 4.78 is 5.45. The third-order valence-corrected chi connectivity index (χ3v) is 3.12. The number of Topliss-reactive ketones (excluding diaryl/α,β-unsaturated/α-hetero) is 2. The zero-order chi connectivity index (χ0) is 13.7. The number of rotatable bonds is 7. The summed E-state index contributed by atoms with van der Waals surface area (Å²) in [6.07, 6.45) is 3.40. The third kappa shape index (κ3) is 3.53. The number of para-hydroxylation sites is 1. The van der Waals surface area contributed by atoms with Crippen molar-refractivity contribution in [3.05, 3.63) is 36.1 Å². The quantitative estimate of drug-likeness (QED) is 0.425. The van der Waals surface area contributed by atoms with Gasteiger partial charge in [0.1, 0.15) is 11.4 Å². The Bertz CT molecular complexity index is 547. The number of carbonyl (C=O) groups is 2. The second kappa shape index (κ2) is 6.32. The Balaban J connectivity index is 1.97. The summed E-state index contributed by atoms with van der Waals surface area (Å²) >= 11 is 0. The third-order valence-electron chi connectivity index (χ3n) is 3.12. The Hall–Kier alpha value is -1.90. The average Bonchev–Trinajstić information content (AvgIpc) is 2.83. The van der Waals surface area contributed by atoms with Gasteiger partial charge in [-0.15, -0.1) is 0 Å². The first-order valence-corrected chi connectivity index (χ1v) is 6.74. The number of carbonyl (C=O) groups excluding carboxylic acids is 2. The van der Waals surface area contributed by atoms with Gasteiger partial charge in [0.25, 0.3) is 0 Å². The van der Waals surface area contributed by atoms with Crippen LogP contribution in [0.2, 0.25) is 0 Å². The topological polar surface area (TPSA) is 47.3 Å². The van der Waals surface area contributed by atoms with E-state index in [1.165, 1.54) is 0 Å². The van der Waals surface area contributed by atoms with Crippen LogP contribution in [0.3, 0.4) is 0 Å². The summed E-state index contributed by atoms with van der Waals surface area (Å²) in [4.78, 5) is 23.6. The Morgan fingerprint density at radius 2 is 1.95 bits per heavy atom. The normalized spacial score (nSPS) is 10.8. The van der Waals surface area contributed by atoms with Crippen LogP contribution in [0, 0.1) is 0 Å². The molecule has 2 aromatic rings. The van der Waals surface area contributed by atoms with Gasteiger partial charge in [-0.2, -0.15) is 0 Å². The molecule has 0 saturated carbocycles. The van der Waals surface area contributed by atoms with E-state index in [9.17, 15) is 9.59 Å². The number of furan rings is 1. The first-order valence-electron chi connectivity index (χ1n) is 6.74. The van der Waals surface area contributed by atoms with Gasteiger partial charge >= 0.3 is 0 Å². The van der Waals surface area contributed by atoms with Crippen LogP contribution in [0.1, 0.15) is 49.6 Å². The van der Waals surface area contributed by atoms with Gasteiger partial charge in [-0.1, -0.05) is 38.0 Å². The Kier molecular flexibility index (Phi) is 4.50. The molecule has 1 aromatic heterocycles. The fourth-order valence-corrected chi connectivity index (χ4v) is 2.05. The molecule has 3 heteroatoms. The smallest absolute Gasteiger partial charge is 0.205 e. The zero-order valence-corrected chi connectivity index (χ0v) is 11.1. The molecule has 0 aliphatic rings. The maximum atomic E-state index is 11.9. The van der Waals surface area contributed by atoms with Crippen molar-refractivity contribution < 1.29 is 14.0 Å². The SMILES string of the molecule is CCCCCC(=O)CC(=O)c1cc2ccccc2o1. The molecule has 0 amide bonds. The van der Waals surface area contributed by atoms with Crippen LogP contribution in [0.25, 0.3) is 11.0 Å². The Morgan fingerprint density at radius 3 is 2.68 bits per heavy atom. The highest BCUT2D eigenvalue weighted by atomic mass is 16.3. The van der Waals surface area contributed by atoms with Crippen molar-refractivity contribution in [1.29, 1.82) is 0 Å². The van der Waals surface area contributed by atoms with Gasteiger partial charge in [-0.25, -0.2) is 0 Å². The maximum Gasteiger partial charge on any atom is 0.205 e. The molecule has 0 aliphatic carbocycles. The van der Waals surface area contributed by atoms with Crippen LogP contribution >= 0.6 is 0 Å². The Labute approximate surface area is 112 Å². The van der Waals surface area contributed by atoms with E-state index < -0.39 is 0 Å². The van der Waals surface area contributed by atoms with E-state index in [0.29, 0.717) is 12.0 Å². The van der Waals surface area contributed by atoms with Crippen LogP contribution in [0.15, 0.2) is 34.7 Å². The molecule has 0 spiro atoms. The molecule has 3 nitrogen and oxygen atoms in total. The van der Waals surface area contributed by atoms with E-state index >= 15 is 0 Å². The molecule has 0 unspecified atom stereocenters. The summed E-state index contributed by atoms with van der Waals surface area (Å²) in [5, 5.41) is 0.893. The van der Waals surface area contributed by atoms with Crippen molar-refractivity contribution in [1.82, 2.24) is 0 Å². The fourth-order valence-electron chi connectivity index (χ4n) is 2.05. The molecule has 0 aliphatic heterocycles. The van der Waals surface area contributed by atoms with Gasteiger partial charge < -0.3 is 4.42 Å². The highest BCUT2D eigenvalue weighted by Gasteiger charge is 2.15. The largest absolute Gasteiger partial charge is 0.453 e. The molecule has 0 saturated heterocycles. The van der Waals surface area contributed by atoms with Crippen LogP contribution in [0.4, 0.5) is 0 Å². The van der Waals surface area contributed by atoms with E-state index in [2.05, 4.69) is 6.92 Å². The molecule has 0 fully saturated rings. The van der Waals surface area contributed by atoms with E-state index in [1.54, 1.807) is 6.07 Å². The maximum absolute atomic E-state index is 11.9. The second-order valence-corrected chi connectivity index (χ2v) is 4.74. The van der Waals surface area contributed by atoms with Gasteiger partial charge in [0.05, 0.1) is 6.42 Å². The van der Waals surface area contributed by atoms with Crippen molar-refractivity contribution in [3.63, 3.8) is 0 Å². The minimum Gasteiger partial charge on any atom is -0.453 e. The van der Waals surface area contributed by atoms with Crippen molar-refractivity contribution in [3.8, 4) is 0 Å². The molecule has 0 N–H and O–H groups in total. The van der Waals surface area contributed by atoms with E-state index in [0.717, 1.165) is 24.6 Å². The summed E-state index contributed by atoms with van der Waals surface area (Å²) in [7, 11) is 0. The molecule has 0 atom stereocenters. The van der Waals surface area contributed by atoms with Gasteiger partial charge in [-0.3, -0.25) is 9.59 Å². The molecule has 2 rings (SSSR count). The highest BCUT2D eigenvalue weighted by molar-refractivity contribution is 6.07. The van der Waals surface area contributed by atoms with Gasteiger partial charge in [-0.05, 0) is 18.6 Å². The van der Waals surface area contributed by atoms with Gasteiger partial charge in [0.15, 0.2) is 5.76 Å². The lowest BCUT2D eigenvalue weighted by Gasteiger charge is -1.98. The summed E-state index contributed by atoms with van der Waals surface area (Å²) in [5.41, 5.74) is 0.685. The number of ketones is 2. The molecular formula is C16H18O3. The van der Waals surface area contributed by atoms with Crippen LogP contribution in [-0.4, -0.2) is 11.6 Å². The summed E-state index contributed by atoms with van der Waals surface area (Å²) in [6.45, 7) is 2.09. The molecule has 100 valence electrons. The van der Waals surface area contributed by atoms with Gasteiger partial charge in [0, 0.05) is 11.8 Å². The molecule has 0 radical (unpaired) electrons.